The third-order valence-corrected chi connectivity index (χ3v) is 5.90. The maximum Gasteiger partial charge on any atom is 0.338 e. The van der Waals surface area contributed by atoms with E-state index in [2.05, 4.69) is 0 Å². The van der Waals surface area contributed by atoms with Gasteiger partial charge in [0, 0.05) is 5.25 Å². The zero-order valence-corrected chi connectivity index (χ0v) is 18.1. The van der Waals surface area contributed by atoms with Gasteiger partial charge in [0.1, 0.15) is 17.6 Å². The van der Waals surface area contributed by atoms with Gasteiger partial charge in [-0.3, -0.25) is 0 Å². The number of ether oxygens (including phenoxy) is 3. The number of rotatable bonds is 7. The molecule has 0 aliphatic carbocycles. The molecule has 5 atom stereocenters. The highest BCUT2D eigenvalue weighted by molar-refractivity contribution is 8.00. The average molecular weight is 447 g/mol. The van der Waals surface area contributed by atoms with Crippen LogP contribution in [0.1, 0.15) is 34.6 Å². The molecule has 1 fully saturated rings. The van der Waals surface area contributed by atoms with Gasteiger partial charge in [0.2, 0.25) is 0 Å². The molecule has 0 radical (unpaired) electrons. The Morgan fingerprint density at radius 3 is 1.87 bits per heavy atom. The predicted molar refractivity (Wildman–Crippen MR) is 116 cm³/mol. The van der Waals surface area contributed by atoms with E-state index in [1.807, 2.05) is 13.8 Å². The maximum absolute atomic E-state index is 12.6. The Morgan fingerprint density at radius 1 is 0.935 bits per heavy atom. The molecule has 0 bridgehead atoms. The van der Waals surface area contributed by atoms with Gasteiger partial charge >= 0.3 is 11.9 Å². The topological polar surface area (TPSA) is 102 Å². The Morgan fingerprint density at radius 2 is 1.42 bits per heavy atom. The summed E-state index contributed by atoms with van der Waals surface area (Å²) in [6.07, 6.45) is -4.67. The second kappa shape index (κ2) is 10.8. The van der Waals surface area contributed by atoms with E-state index in [4.69, 9.17) is 14.2 Å². The van der Waals surface area contributed by atoms with Gasteiger partial charge in [-0.05, 0) is 24.3 Å². The van der Waals surface area contributed by atoms with Crippen molar-refractivity contribution in [3.8, 4) is 0 Å². The van der Waals surface area contributed by atoms with E-state index in [1.54, 1.807) is 60.7 Å². The molecule has 7 nitrogen and oxygen atoms in total. The molecule has 166 valence electrons. The van der Waals surface area contributed by atoms with Crippen molar-refractivity contribution in [1.82, 2.24) is 0 Å². The molecule has 0 saturated carbocycles. The molecule has 1 aliphatic rings. The van der Waals surface area contributed by atoms with Crippen LogP contribution in [-0.2, 0) is 14.2 Å². The number of thioether (sulfide) groups is 1. The van der Waals surface area contributed by atoms with E-state index < -0.39 is 48.4 Å². The van der Waals surface area contributed by atoms with Crippen LogP contribution < -0.4 is 0 Å². The number of carbonyl (C=O) groups is 2. The minimum absolute atomic E-state index is 0.0953. The summed E-state index contributed by atoms with van der Waals surface area (Å²) in [5.74, 6) is -1.30. The van der Waals surface area contributed by atoms with Gasteiger partial charge < -0.3 is 24.4 Å². The average Bonchev–Trinajstić information content (AvgIpc) is 2.78. The number of aliphatic hydroxyl groups excluding tert-OH is 2. The van der Waals surface area contributed by atoms with Crippen LogP contribution in [-0.4, -0.2) is 63.9 Å². The molecule has 2 aromatic rings. The first-order valence-corrected chi connectivity index (χ1v) is 11.0. The summed E-state index contributed by atoms with van der Waals surface area (Å²) in [5.41, 5.74) is -0.125. The van der Waals surface area contributed by atoms with Crippen LogP contribution in [0.5, 0.6) is 0 Å². The Balaban J connectivity index is 1.83. The third kappa shape index (κ3) is 5.86. The number of esters is 2. The molecule has 1 saturated heterocycles. The zero-order valence-electron chi connectivity index (χ0n) is 17.3. The van der Waals surface area contributed by atoms with Crippen molar-refractivity contribution in [3.05, 3.63) is 71.8 Å². The van der Waals surface area contributed by atoms with Crippen LogP contribution in [0.25, 0.3) is 0 Å². The predicted octanol–water partition coefficient (Wildman–Crippen LogP) is 2.66. The van der Waals surface area contributed by atoms with Crippen LogP contribution in [0, 0.1) is 0 Å². The number of hydrogen-bond donors (Lipinski definition) is 2. The molecule has 2 aromatic carbocycles. The first-order chi connectivity index (χ1) is 14.9. The molecule has 2 N–H and O–H groups in total. The Labute approximate surface area is 185 Å². The van der Waals surface area contributed by atoms with E-state index in [1.165, 1.54) is 11.8 Å². The van der Waals surface area contributed by atoms with Gasteiger partial charge in [-0.1, -0.05) is 50.2 Å². The molecule has 0 spiro atoms. The van der Waals surface area contributed by atoms with E-state index in [0.717, 1.165) is 0 Å². The van der Waals surface area contributed by atoms with E-state index in [-0.39, 0.29) is 5.25 Å². The summed E-state index contributed by atoms with van der Waals surface area (Å²) < 4.78 is 17.0. The normalized spacial score (nSPS) is 25.8. The highest BCUT2D eigenvalue weighted by atomic mass is 32.2. The highest BCUT2D eigenvalue weighted by Crippen LogP contribution is 2.34. The highest BCUT2D eigenvalue weighted by Gasteiger charge is 2.49. The van der Waals surface area contributed by atoms with Crippen molar-refractivity contribution < 1.29 is 34.0 Å². The number of carbonyl (C=O) groups excluding carboxylic acids is 2. The molecular formula is C23H26O7S. The Kier molecular flexibility index (Phi) is 8.09. The summed E-state index contributed by atoms with van der Waals surface area (Å²) in [4.78, 5) is 25.2. The number of aliphatic hydroxyl groups is 2. The Hall–Kier alpha value is -2.39. The molecule has 8 heteroatoms. The molecule has 1 aliphatic heterocycles. The van der Waals surface area contributed by atoms with Crippen molar-refractivity contribution in [2.24, 2.45) is 0 Å². The second-order valence-corrected chi connectivity index (χ2v) is 9.05. The van der Waals surface area contributed by atoms with Crippen molar-refractivity contribution in [1.29, 1.82) is 0 Å². The molecule has 1 heterocycles. The van der Waals surface area contributed by atoms with Crippen molar-refractivity contribution >= 4 is 23.7 Å². The van der Waals surface area contributed by atoms with E-state index in [0.29, 0.717) is 11.1 Å². The van der Waals surface area contributed by atoms with Gasteiger partial charge in [-0.25, -0.2) is 9.59 Å². The monoisotopic (exact) mass is 446 g/mol. The second-order valence-electron chi connectivity index (χ2n) is 7.37. The SMILES string of the molecule is CC(C)S[C@@H]1O[C@H](CO)[C@H](OC(=O)c2ccccc2)[C@H](O)[C@H]1OC(=O)c1ccccc1. The van der Waals surface area contributed by atoms with Crippen molar-refractivity contribution in [2.45, 2.75) is 48.9 Å². The number of hydrogen-bond acceptors (Lipinski definition) is 8. The van der Waals surface area contributed by atoms with Crippen LogP contribution in [0.4, 0.5) is 0 Å². The van der Waals surface area contributed by atoms with Gasteiger partial charge in [0.15, 0.2) is 12.2 Å². The molecule has 0 amide bonds. The summed E-state index contributed by atoms with van der Waals surface area (Å²) in [5, 5.41) is 21.0. The number of benzene rings is 2. The lowest BCUT2D eigenvalue weighted by molar-refractivity contribution is -0.206. The largest absolute Gasteiger partial charge is 0.453 e. The fourth-order valence-corrected chi connectivity index (χ4v) is 4.34. The smallest absolute Gasteiger partial charge is 0.338 e. The lowest BCUT2D eigenvalue weighted by Crippen LogP contribution is -2.60. The van der Waals surface area contributed by atoms with Crippen molar-refractivity contribution in [3.63, 3.8) is 0 Å². The zero-order chi connectivity index (χ0) is 22.4. The van der Waals surface area contributed by atoms with Gasteiger partial charge in [-0.2, -0.15) is 0 Å². The Bertz CT molecular complexity index is 859. The summed E-state index contributed by atoms with van der Waals surface area (Å²) >= 11 is 1.35. The first-order valence-electron chi connectivity index (χ1n) is 10.0. The van der Waals surface area contributed by atoms with E-state index >= 15 is 0 Å². The van der Waals surface area contributed by atoms with Crippen LogP contribution >= 0.6 is 11.8 Å². The van der Waals surface area contributed by atoms with Crippen LogP contribution in [0.15, 0.2) is 60.7 Å². The lowest BCUT2D eigenvalue weighted by atomic mass is 9.99. The molecule has 0 unspecified atom stereocenters. The van der Waals surface area contributed by atoms with Gasteiger partial charge in [-0.15, -0.1) is 11.8 Å². The van der Waals surface area contributed by atoms with Gasteiger partial charge in [0.25, 0.3) is 0 Å². The fraction of sp³-hybridized carbons (Fsp3) is 0.391. The summed E-state index contributed by atoms with van der Waals surface area (Å²) in [7, 11) is 0. The summed E-state index contributed by atoms with van der Waals surface area (Å²) in [6, 6.07) is 16.7. The minimum Gasteiger partial charge on any atom is -0.453 e. The first kappa shape index (κ1) is 23.3. The molecule has 0 aromatic heterocycles. The quantitative estimate of drug-likeness (QED) is 0.626. The minimum atomic E-state index is -1.39. The standard InChI is InChI=1S/C23H26O7S/c1-14(2)31-23-20(30-22(27)16-11-7-4-8-12-16)18(25)19(17(13-24)28-23)29-21(26)15-9-5-3-6-10-15/h3-12,14,17-20,23-25H,13H2,1-2H3/t17-,18+,19+,20-,23+/m1/s1. The molecule has 31 heavy (non-hydrogen) atoms. The van der Waals surface area contributed by atoms with Crippen molar-refractivity contribution in [2.75, 3.05) is 6.61 Å². The molecular weight excluding hydrogens is 420 g/mol. The van der Waals surface area contributed by atoms with E-state index in [9.17, 15) is 19.8 Å². The third-order valence-electron chi connectivity index (χ3n) is 4.71. The fourth-order valence-electron chi connectivity index (χ4n) is 3.22. The maximum atomic E-state index is 12.6. The van der Waals surface area contributed by atoms with Crippen LogP contribution in [0.2, 0.25) is 0 Å². The molecule has 3 rings (SSSR count). The summed E-state index contributed by atoms with van der Waals surface area (Å²) in [6.45, 7) is 3.40. The lowest BCUT2D eigenvalue weighted by Gasteiger charge is -2.43. The van der Waals surface area contributed by atoms with Gasteiger partial charge in [0.05, 0.1) is 17.7 Å². The van der Waals surface area contributed by atoms with Crippen LogP contribution in [0.3, 0.4) is 0 Å².